The number of nitrogens with zero attached hydrogens (tertiary/aromatic N) is 1. The molecule has 1 aliphatic rings. The first-order valence-electron chi connectivity index (χ1n) is 6.16. The zero-order valence-corrected chi connectivity index (χ0v) is 10.9. The van der Waals surface area contributed by atoms with Crippen LogP contribution in [0.2, 0.25) is 0 Å². The first kappa shape index (κ1) is 12.7. The molecule has 1 aliphatic heterocycles. The molecule has 0 aliphatic carbocycles. The fourth-order valence-corrected chi connectivity index (χ4v) is 2.36. The van der Waals surface area contributed by atoms with Crippen LogP contribution in [0.25, 0.3) is 0 Å². The first-order valence-corrected chi connectivity index (χ1v) is 6.16. The number of carbonyl (C=O) groups is 2. The highest BCUT2D eigenvalue weighted by Gasteiger charge is 2.29. The van der Waals surface area contributed by atoms with Crippen LogP contribution in [-0.2, 0) is 9.53 Å². The molecule has 0 bridgehead atoms. The van der Waals surface area contributed by atoms with Crippen molar-refractivity contribution in [2.75, 3.05) is 13.2 Å². The molecule has 0 saturated heterocycles. The summed E-state index contributed by atoms with van der Waals surface area (Å²) in [5.41, 5.74) is 2.73. The van der Waals surface area contributed by atoms with Crippen LogP contribution < -0.4 is 5.32 Å². The monoisotopic (exact) mass is 250 g/mol. The molecule has 2 heterocycles. The van der Waals surface area contributed by atoms with Crippen LogP contribution in [0.4, 0.5) is 0 Å². The second-order valence-corrected chi connectivity index (χ2v) is 4.54. The van der Waals surface area contributed by atoms with Crippen LogP contribution in [0.15, 0.2) is 6.07 Å². The molecule has 5 nitrogen and oxygen atoms in total. The second kappa shape index (κ2) is 4.84. The van der Waals surface area contributed by atoms with E-state index in [0.717, 1.165) is 11.3 Å². The van der Waals surface area contributed by atoms with Gasteiger partial charge in [0.2, 0.25) is 0 Å². The highest BCUT2D eigenvalue weighted by molar-refractivity contribution is 5.94. The Morgan fingerprint density at radius 3 is 2.94 bits per heavy atom. The van der Waals surface area contributed by atoms with Gasteiger partial charge in [-0.2, -0.15) is 0 Å². The molecule has 0 spiro atoms. The Labute approximate surface area is 106 Å². The van der Waals surface area contributed by atoms with Crippen LogP contribution in [0, 0.1) is 13.8 Å². The Morgan fingerprint density at radius 2 is 2.28 bits per heavy atom. The second-order valence-electron chi connectivity index (χ2n) is 4.54. The molecule has 1 N–H and O–H groups in total. The van der Waals surface area contributed by atoms with Gasteiger partial charge < -0.3 is 14.6 Å². The van der Waals surface area contributed by atoms with Crippen molar-refractivity contribution >= 4 is 11.9 Å². The number of fused-ring (bicyclic) bond motifs is 1. The van der Waals surface area contributed by atoms with E-state index in [0.29, 0.717) is 18.8 Å². The SMILES string of the molecule is CCOC(=O)CC1CNC(=O)c2cc(C)c(C)n21. The minimum absolute atomic E-state index is 0.0505. The average Bonchev–Trinajstić information content (AvgIpc) is 2.61. The Morgan fingerprint density at radius 1 is 1.56 bits per heavy atom. The van der Waals surface area contributed by atoms with E-state index >= 15 is 0 Å². The van der Waals surface area contributed by atoms with Crippen LogP contribution in [0.5, 0.6) is 0 Å². The number of hydrogen-bond donors (Lipinski definition) is 1. The normalized spacial score (nSPS) is 18.2. The minimum atomic E-state index is -0.227. The zero-order valence-electron chi connectivity index (χ0n) is 10.9. The summed E-state index contributed by atoms with van der Waals surface area (Å²) >= 11 is 0. The molecule has 1 amide bonds. The van der Waals surface area contributed by atoms with Crippen molar-refractivity contribution in [2.45, 2.75) is 33.2 Å². The average molecular weight is 250 g/mol. The number of amides is 1. The van der Waals surface area contributed by atoms with Crippen LogP contribution in [0.1, 0.15) is 41.1 Å². The van der Waals surface area contributed by atoms with Gasteiger partial charge in [-0.3, -0.25) is 9.59 Å². The predicted octanol–water partition coefficient (Wildman–Crippen LogP) is 1.34. The molecular weight excluding hydrogens is 232 g/mol. The number of ether oxygens (including phenoxy) is 1. The van der Waals surface area contributed by atoms with Gasteiger partial charge in [0.15, 0.2) is 0 Å². The summed E-state index contributed by atoms with van der Waals surface area (Å²) in [4.78, 5) is 23.3. The van der Waals surface area contributed by atoms with E-state index in [1.165, 1.54) is 0 Å². The van der Waals surface area contributed by atoms with E-state index in [1.807, 2.05) is 24.5 Å². The number of aromatic nitrogens is 1. The molecule has 1 atom stereocenters. The summed E-state index contributed by atoms with van der Waals surface area (Å²) in [5, 5.41) is 2.81. The molecule has 0 fully saturated rings. The van der Waals surface area contributed by atoms with Crippen molar-refractivity contribution in [2.24, 2.45) is 0 Å². The van der Waals surface area contributed by atoms with E-state index in [4.69, 9.17) is 4.74 Å². The smallest absolute Gasteiger partial charge is 0.307 e. The third-order valence-corrected chi connectivity index (χ3v) is 3.35. The molecule has 2 rings (SSSR count). The minimum Gasteiger partial charge on any atom is -0.466 e. The van der Waals surface area contributed by atoms with Crippen molar-refractivity contribution in [1.29, 1.82) is 0 Å². The van der Waals surface area contributed by atoms with Crippen molar-refractivity contribution < 1.29 is 14.3 Å². The van der Waals surface area contributed by atoms with Gasteiger partial charge in [0, 0.05) is 12.2 Å². The standard InChI is InChI=1S/C13H18N2O3/c1-4-18-12(16)6-10-7-14-13(17)11-5-8(2)9(3)15(10)11/h5,10H,4,6-7H2,1-3H3,(H,14,17). The molecule has 0 saturated carbocycles. The Balaban J connectivity index is 2.28. The number of hydrogen-bond acceptors (Lipinski definition) is 3. The summed E-state index contributed by atoms with van der Waals surface area (Å²) in [6.45, 7) is 6.58. The highest BCUT2D eigenvalue weighted by Crippen LogP contribution is 2.25. The van der Waals surface area contributed by atoms with Gasteiger partial charge in [-0.25, -0.2) is 0 Å². The lowest BCUT2D eigenvalue weighted by Crippen LogP contribution is -2.40. The quantitative estimate of drug-likeness (QED) is 0.824. The fraction of sp³-hybridized carbons (Fsp3) is 0.538. The summed E-state index contributed by atoms with van der Waals surface area (Å²) in [5.74, 6) is -0.304. The summed E-state index contributed by atoms with van der Waals surface area (Å²) in [6.07, 6.45) is 0.288. The van der Waals surface area contributed by atoms with Crippen molar-refractivity contribution in [3.8, 4) is 0 Å². The third kappa shape index (κ3) is 2.12. The molecule has 0 radical (unpaired) electrons. The fourth-order valence-electron chi connectivity index (χ4n) is 2.36. The molecule has 98 valence electrons. The molecule has 1 unspecified atom stereocenters. The maximum atomic E-state index is 11.8. The predicted molar refractivity (Wildman–Crippen MR) is 66.5 cm³/mol. The molecular formula is C13H18N2O3. The first-order chi connectivity index (χ1) is 8.54. The number of rotatable bonds is 3. The van der Waals surface area contributed by atoms with Crippen LogP contribution in [-0.4, -0.2) is 29.6 Å². The lowest BCUT2D eigenvalue weighted by atomic mass is 10.1. The Bertz CT molecular complexity index is 491. The number of esters is 1. The van der Waals surface area contributed by atoms with Gasteiger partial charge in [-0.05, 0) is 32.4 Å². The Hall–Kier alpha value is -1.78. The van der Waals surface area contributed by atoms with Gasteiger partial charge in [0.1, 0.15) is 5.69 Å². The van der Waals surface area contributed by atoms with Gasteiger partial charge in [-0.15, -0.1) is 0 Å². The van der Waals surface area contributed by atoms with Crippen LogP contribution in [0.3, 0.4) is 0 Å². The molecule has 0 aromatic carbocycles. The summed E-state index contributed by atoms with van der Waals surface area (Å²) in [6, 6.07) is 1.81. The number of carbonyl (C=O) groups excluding carboxylic acids is 2. The summed E-state index contributed by atoms with van der Waals surface area (Å²) < 4.78 is 6.92. The van der Waals surface area contributed by atoms with Gasteiger partial charge in [0.05, 0.1) is 19.1 Å². The van der Waals surface area contributed by atoms with E-state index in [9.17, 15) is 9.59 Å². The van der Waals surface area contributed by atoms with E-state index in [1.54, 1.807) is 6.92 Å². The lowest BCUT2D eigenvalue weighted by molar-refractivity contribution is -0.144. The molecule has 1 aromatic heterocycles. The zero-order chi connectivity index (χ0) is 13.3. The van der Waals surface area contributed by atoms with E-state index < -0.39 is 0 Å². The maximum absolute atomic E-state index is 11.8. The third-order valence-electron chi connectivity index (χ3n) is 3.35. The van der Waals surface area contributed by atoms with Crippen molar-refractivity contribution in [3.63, 3.8) is 0 Å². The molecule has 5 heteroatoms. The highest BCUT2D eigenvalue weighted by atomic mass is 16.5. The van der Waals surface area contributed by atoms with Gasteiger partial charge in [-0.1, -0.05) is 0 Å². The van der Waals surface area contributed by atoms with E-state index in [2.05, 4.69) is 5.32 Å². The summed E-state index contributed by atoms with van der Waals surface area (Å²) in [7, 11) is 0. The molecule has 1 aromatic rings. The van der Waals surface area contributed by atoms with Crippen molar-refractivity contribution in [1.82, 2.24) is 9.88 Å². The van der Waals surface area contributed by atoms with Crippen molar-refractivity contribution in [3.05, 3.63) is 23.0 Å². The Kier molecular flexibility index (Phi) is 3.41. The molecule has 18 heavy (non-hydrogen) atoms. The largest absolute Gasteiger partial charge is 0.466 e. The maximum Gasteiger partial charge on any atom is 0.307 e. The van der Waals surface area contributed by atoms with E-state index in [-0.39, 0.29) is 24.3 Å². The lowest BCUT2D eigenvalue weighted by Gasteiger charge is -2.27. The topological polar surface area (TPSA) is 60.3 Å². The van der Waals surface area contributed by atoms with Gasteiger partial charge in [0.25, 0.3) is 5.91 Å². The van der Waals surface area contributed by atoms with Crippen LogP contribution >= 0.6 is 0 Å². The number of aryl methyl sites for hydroxylation is 1. The number of nitrogens with one attached hydrogen (secondary N) is 1. The van der Waals surface area contributed by atoms with Gasteiger partial charge >= 0.3 is 5.97 Å².